The summed E-state index contributed by atoms with van der Waals surface area (Å²) in [5.74, 6) is 0.421. The summed E-state index contributed by atoms with van der Waals surface area (Å²) in [5.41, 5.74) is -0.0936. The Balaban J connectivity index is 2.38. The highest BCUT2D eigenvalue weighted by atomic mass is 16.5. The first-order valence-corrected chi connectivity index (χ1v) is 6.27. The van der Waals surface area contributed by atoms with Crippen LogP contribution in [0.4, 0.5) is 0 Å². The Morgan fingerprint density at radius 2 is 1.95 bits per heavy atom. The zero-order chi connectivity index (χ0) is 14.3. The van der Waals surface area contributed by atoms with Crippen LogP contribution in [0, 0.1) is 0 Å². The van der Waals surface area contributed by atoms with E-state index in [4.69, 9.17) is 13.6 Å². The lowest BCUT2D eigenvalue weighted by Crippen LogP contribution is -2.24. The molecule has 0 atom stereocenters. The second kappa shape index (κ2) is 4.27. The van der Waals surface area contributed by atoms with Gasteiger partial charge in [0.25, 0.3) is 0 Å². The minimum Gasteiger partial charge on any atom is -0.476 e. The molecule has 102 valence electrons. The molecule has 0 saturated heterocycles. The van der Waals surface area contributed by atoms with Gasteiger partial charge in [0.15, 0.2) is 11.2 Å². The number of ether oxygens (including phenoxy) is 1. The summed E-state index contributed by atoms with van der Waals surface area (Å²) in [5, 5.41) is 1.68. The molecule has 1 aromatic carbocycles. The molecule has 2 heterocycles. The number of benzene rings is 1. The third-order valence-corrected chi connectivity index (χ3v) is 3.14. The molecule has 2 aromatic heterocycles. The summed E-state index contributed by atoms with van der Waals surface area (Å²) in [6.45, 7) is 7.49. The number of rotatable bonds is 3. The minimum atomic E-state index is -0.609. The van der Waals surface area contributed by atoms with Crippen molar-refractivity contribution in [1.29, 1.82) is 0 Å². The Bertz CT molecular complexity index is 852. The van der Waals surface area contributed by atoms with Crippen LogP contribution in [0.1, 0.15) is 13.8 Å². The van der Waals surface area contributed by atoms with Gasteiger partial charge in [-0.2, -0.15) is 0 Å². The van der Waals surface area contributed by atoms with E-state index in [0.29, 0.717) is 16.9 Å². The summed E-state index contributed by atoms with van der Waals surface area (Å²) >= 11 is 0. The average Bonchev–Trinajstić information content (AvgIpc) is 2.87. The van der Waals surface area contributed by atoms with Gasteiger partial charge in [0.05, 0.1) is 6.26 Å². The van der Waals surface area contributed by atoms with Crippen LogP contribution < -0.4 is 10.4 Å². The first-order valence-electron chi connectivity index (χ1n) is 6.27. The zero-order valence-corrected chi connectivity index (χ0v) is 11.3. The van der Waals surface area contributed by atoms with Crippen molar-refractivity contribution in [3.05, 3.63) is 53.6 Å². The molecule has 0 aliphatic heterocycles. The fourth-order valence-electron chi connectivity index (χ4n) is 2.00. The summed E-state index contributed by atoms with van der Waals surface area (Å²) in [6, 6.07) is 6.83. The van der Waals surface area contributed by atoms with Gasteiger partial charge in [-0.1, -0.05) is 6.58 Å². The second-order valence-corrected chi connectivity index (χ2v) is 5.13. The van der Waals surface area contributed by atoms with Crippen LogP contribution in [-0.4, -0.2) is 5.60 Å². The van der Waals surface area contributed by atoms with Gasteiger partial charge in [-0.25, -0.2) is 4.79 Å². The van der Waals surface area contributed by atoms with Gasteiger partial charge in [-0.3, -0.25) is 0 Å². The molecule has 0 unspecified atom stereocenters. The smallest absolute Gasteiger partial charge is 0.336 e. The van der Waals surface area contributed by atoms with E-state index in [1.165, 1.54) is 6.07 Å². The Labute approximate surface area is 115 Å². The first-order chi connectivity index (χ1) is 9.50. The van der Waals surface area contributed by atoms with Gasteiger partial charge in [-0.15, -0.1) is 0 Å². The fraction of sp³-hybridized carbons (Fsp3) is 0.188. The van der Waals surface area contributed by atoms with Crippen molar-refractivity contribution in [1.82, 2.24) is 0 Å². The van der Waals surface area contributed by atoms with E-state index in [9.17, 15) is 4.79 Å². The lowest BCUT2D eigenvalue weighted by molar-refractivity contribution is 0.163. The van der Waals surface area contributed by atoms with Gasteiger partial charge in [0, 0.05) is 16.8 Å². The summed E-state index contributed by atoms with van der Waals surface area (Å²) in [4.78, 5) is 11.5. The zero-order valence-electron chi connectivity index (χ0n) is 11.3. The van der Waals surface area contributed by atoms with Gasteiger partial charge in [-0.05, 0) is 38.1 Å². The third kappa shape index (κ3) is 1.99. The van der Waals surface area contributed by atoms with Gasteiger partial charge in [0.1, 0.15) is 5.60 Å². The van der Waals surface area contributed by atoms with Crippen LogP contribution in [0.2, 0.25) is 0 Å². The highest BCUT2D eigenvalue weighted by Gasteiger charge is 2.22. The van der Waals surface area contributed by atoms with E-state index in [2.05, 4.69) is 6.58 Å². The van der Waals surface area contributed by atoms with Crippen molar-refractivity contribution in [3.63, 3.8) is 0 Å². The third-order valence-electron chi connectivity index (χ3n) is 3.14. The van der Waals surface area contributed by atoms with Crippen LogP contribution in [0.15, 0.2) is 56.8 Å². The van der Waals surface area contributed by atoms with E-state index in [1.54, 1.807) is 18.4 Å². The van der Waals surface area contributed by atoms with Crippen molar-refractivity contribution in [2.24, 2.45) is 0 Å². The molecule has 3 rings (SSSR count). The number of hydrogen-bond donors (Lipinski definition) is 0. The Kier molecular flexibility index (Phi) is 2.67. The predicted molar refractivity (Wildman–Crippen MR) is 77.2 cm³/mol. The highest BCUT2D eigenvalue weighted by Crippen LogP contribution is 2.37. The van der Waals surface area contributed by atoms with Crippen molar-refractivity contribution in [2.75, 3.05) is 0 Å². The minimum absolute atomic E-state index is 0.384. The SMILES string of the molecule is C=CC(C)(C)Oc1c2occc2cc2ccc(=O)oc12. The maximum absolute atomic E-state index is 11.5. The molecular formula is C16H14O4. The molecule has 4 heteroatoms. The van der Waals surface area contributed by atoms with Crippen LogP contribution in [-0.2, 0) is 0 Å². The molecule has 0 saturated carbocycles. The molecule has 0 aliphatic rings. The highest BCUT2D eigenvalue weighted by molar-refractivity contribution is 6.00. The lowest BCUT2D eigenvalue weighted by atomic mass is 10.1. The van der Waals surface area contributed by atoms with Crippen molar-refractivity contribution in [3.8, 4) is 5.75 Å². The number of furan rings is 1. The monoisotopic (exact) mass is 270 g/mol. The quantitative estimate of drug-likeness (QED) is 0.535. The number of hydrogen-bond acceptors (Lipinski definition) is 4. The van der Waals surface area contributed by atoms with Crippen molar-refractivity contribution < 1.29 is 13.6 Å². The van der Waals surface area contributed by atoms with Crippen LogP contribution >= 0.6 is 0 Å². The van der Waals surface area contributed by atoms with E-state index >= 15 is 0 Å². The fourth-order valence-corrected chi connectivity index (χ4v) is 2.00. The average molecular weight is 270 g/mol. The summed E-state index contributed by atoms with van der Waals surface area (Å²) < 4.78 is 16.7. The van der Waals surface area contributed by atoms with E-state index in [-0.39, 0.29) is 0 Å². The lowest BCUT2D eigenvalue weighted by Gasteiger charge is -2.22. The van der Waals surface area contributed by atoms with Crippen molar-refractivity contribution in [2.45, 2.75) is 19.4 Å². The van der Waals surface area contributed by atoms with Crippen LogP contribution in [0.25, 0.3) is 21.9 Å². The normalized spacial score (nSPS) is 11.9. The predicted octanol–water partition coefficient (Wildman–Crippen LogP) is 3.88. The van der Waals surface area contributed by atoms with E-state index in [1.807, 2.05) is 26.0 Å². The molecule has 0 N–H and O–H groups in total. The van der Waals surface area contributed by atoms with E-state index in [0.717, 1.165) is 10.8 Å². The van der Waals surface area contributed by atoms with Gasteiger partial charge < -0.3 is 13.6 Å². The molecule has 0 aliphatic carbocycles. The molecule has 0 amide bonds. The molecule has 20 heavy (non-hydrogen) atoms. The second-order valence-electron chi connectivity index (χ2n) is 5.13. The first kappa shape index (κ1) is 12.5. The molecular weight excluding hydrogens is 256 g/mol. The standard InChI is InChI=1S/C16H14O4/c1-4-16(2,3)20-15-13-11(7-8-18-13)9-10-5-6-12(17)19-14(10)15/h4-9H,1H2,2-3H3. The molecule has 4 nitrogen and oxygen atoms in total. The van der Waals surface area contributed by atoms with Crippen LogP contribution in [0.5, 0.6) is 5.75 Å². The Hall–Kier alpha value is -2.49. The molecule has 0 spiro atoms. The summed E-state index contributed by atoms with van der Waals surface area (Å²) in [7, 11) is 0. The summed E-state index contributed by atoms with van der Waals surface area (Å²) in [6.07, 6.45) is 3.26. The topological polar surface area (TPSA) is 52.6 Å². The molecule has 0 bridgehead atoms. The van der Waals surface area contributed by atoms with Crippen molar-refractivity contribution >= 4 is 21.9 Å². The van der Waals surface area contributed by atoms with Gasteiger partial charge >= 0.3 is 5.63 Å². The molecule has 0 fully saturated rings. The maximum atomic E-state index is 11.5. The largest absolute Gasteiger partial charge is 0.476 e. The van der Waals surface area contributed by atoms with E-state index < -0.39 is 11.2 Å². The van der Waals surface area contributed by atoms with Crippen LogP contribution in [0.3, 0.4) is 0 Å². The Morgan fingerprint density at radius 1 is 1.20 bits per heavy atom. The number of fused-ring (bicyclic) bond motifs is 2. The maximum Gasteiger partial charge on any atom is 0.336 e. The molecule has 0 radical (unpaired) electrons. The Morgan fingerprint density at radius 3 is 2.70 bits per heavy atom. The molecule has 3 aromatic rings. The van der Waals surface area contributed by atoms with Gasteiger partial charge in [0.2, 0.25) is 5.75 Å².